The molecule has 0 aliphatic rings. The molecule has 0 fully saturated rings. The molecule has 0 atom stereocenters. The molecule has 4 aromatic rings. The van der Waals surface area contributed by atoms with E-state index in [4.69, 9.17) is 10.7 Å². The van der Waals surface area contributed by atoms with Crippen molar-refractivity contribution in [2.75, 3.05) is 30.8 Å². The number of hydrogen-bond donors (Lipinski definition) is 3. The van der Waals surface area contributed by atoms with E-state index in [-0.39, 0.29) is 12.2 Å². The second-order valence-electron chi connectivity index (χ2n) is 10.2. The minimum Gasteiger partial charge on any atom is -0.396 e. The van der Waals surface area contributed by atoms with Crippen LogP contribution in [0.4, 0.5) is 5.82 Å². The van der Waals surface area contributed by atoms with Gasteiger partial charge in [-0.25, -0.2) is 9.67 Å². The van der Waals surface area contributed by atoms with Crippen LogP contribution in [0.2, 0.25) is 0 Å². The van der Waals surface area contributed by atoms with Crippen molar-refractivity contribution in [3.63, 3.8) is 0 Å². The van der Waals surface area contributed by atoms with Crippen LogP contribution in [0.15, 0.2) is 46.5 Å². The highest BCUT2D eigenvalue weighted by molar-refractivity contribution is 7.99. The van der Waals surface area contributed by atoms with Crippen molar-refractivity contribution in [2.45, 2.75) is 57.5 Å². The number of anilines is 1. The molecule has 0 aliphatic heterocycles. The van der Waals surface area contributed by atoms with Crippen LogP contribution < -0.4 is 16.6 Å². The first-order chi connectivity index (χ1) is 18.4. The Morgan fingerprint density at radius 3 is 2.63 bits per heavy atom. The van der Waals surface area contributed by atoms with Crippen molar-refractivity contribution in [3.05, 3.63) is 58.3 Å². The van der Waals surface area contributed by atoms with Gasteiger partial charge < -0.3 is 20.7 Å². The molecule has 3 aromatic heterocycles. The number of unbranched alkanes of at least 4 members (excludes halogenated alkanes) is 2. The normalized spacial score (nSPS) is 11.7. The summed E-state index contributed by atoms with van der Waals surface area (Å²) in [7, 11) is 1.73. The van der Waals surface area contributed by atoms with Crippen LogP contribution in [0.1, 0.15) is 50.8 Å². The fourth-order valence-electron chi connectivity index (χ4n) is 4.80. The van der Waals surface area contributed by atoms with Gasteiger partial charge in [0.2, 0.25) is 0 Å². The number of aliphatic hydroxyl groups excluding tert-OH is 1. The molecule has 0 spiro atoms. The van der Waals surface area contributed by atoms with Crippen LogP contribution in [0.25, 0.3) is 21.5 Å². The molecule has 0 saturated heterocycles. The van der Waals surface area contributed by atoms with Gasteiger partial charge in [0.1, 0.15) is 5.82 Å². The van der Waals surface area contributed by atoms with Gasteiger partial charge in [-0.3, -0.25) is 4.79 Å². The Morgan fingerprint density at radius 2 is 1.89 bits per heavy atom. The quantitative estimate of drug-likeness (QED) is 0.160. The molecule has 4 rings (SSSR count). The maximum absolute atomic E-state index is 13.3. The number of benzene rings is 1. The lowest BCUT2D eigenvalue weighted by atomic mass is 10.1. The number of nitrogens with zero attached hydrogens (tertiary/aromatic N) is 4. The maximum Gasteiger partial charge on any atom is 0.277 e. The molecule has 4 N–H and O–H groups in total. The largest absolute Gasteiger partial charge is 0.396 e. The van der Waals surface area contributed by atoms with Crippen LogP contribution in [-0.4, -0.2) is 49.9 Å². The van der Waals surface area contributed by atoms with E-state index in [0.717, 1.165) is 82.8 Å². The minimum absolute atomic E-state index is 0.0880. The van der Waals surface area contributed by atoms with Crippen molar-refractivity contribution in [2.24, 2.45) is 18.7 Å². The Balaban J connectivity index is 1.75. The summed E-state index contributed by atoms with van der Waals surface area (Å²) in [5.41, 5.74) is 7.57. The van der Waals surface area contributed by atoms with E-state index in [0.29, 0.717) is 24.3 Å². The third-order valence-corrected chi connectivity index (χ3v) is 7.86. The molecule has 8 nitrogen and oxygen atoms in total. The van der Waals surface area contributed by atoms with E-state index in [1.165, 1.54) is 4.68 Å². The average molecular weight is 537 g/mol. The zero-order valence-electron chi connectivity index (χ0n) is 22.7. The Labute approximate surface area is 228 Å². The number of nitrogens with one attached hydrogen (secondary N) is 1. The first-order valence-corrected chi connectivity index (χ1v) is 14.6. The summed E-state index contributed by atoms with van der Waals surface area (Å²) in [5, 5.41) is 22.3. The lowest BCUT2D eigenvalue weighted by molar-refractivity contribution is 0.296. The number of nitrogens with two attached hydrogens (primary N) is 1. The van der Waals surface area contributed by atoms with E-state index in [2.05, 4.69) is 53.2 Å². The number of thioether (sulfide) groups is 1. The van der Waals surface area contributed by atoms with Gasteiger partial charge in [-0.15, -0.1) is 11.8 Å². The smallest absolute Gasteiger partial charge is 0.277 e. The Hall–Kier alpha value is -2.88. The van der Waals surface area contributed by atoms with Crippen molar-refractivity contribution in [1.82, 2.24) is 19.3 Å². The zero-order chi connectivity index (χ0) is 27.1. The van der Waals surface area contributed by atoms with Crippen molar-refractivity contribution >= 4 is 39.1 Å². The van der Waals surface area contributed by atoms with E-state index in [1.807, 2.05) is 12.3 Å². The van der Waals surface area contributed by atoms with Crippen molar-refractivity contribution in [3.8, 4) is 0 Å². The molecule has 9 heteroatoms. The summed E-state index contributed by atoms with van der Waals surface area (Å²) in [5.74, 6) is 2.04. The van der Waals surface area contributed by atoms with Gasteiger partial charge in [-0.1, -0.05) is 44.5 Å². The van der Waals surface area contributed by atoms with Gasteiger partial charge in [0.25, 0.3) is 5.56 Å². The number of fused-ring (bicyclic) bond motifs is 2. The summed E-state index contributed by atoms with van der Waals surface area (Å²) in [4.78, 5) is 18.1. The number of hydrogen-bond acceptors (Lipinski definition) is 7. The molecular weight excluding hydrogens is 496 g/mol. The van der Waals surface area contributed by atoms with Crippen LogP contribution in [-0.2, 0) is 20.0 Å². The highest BCUT2D eigenvalue weighted by atomic mass is 32.2. The summed E-state index contributed by atoms with van der Waals surface area (Å²) in [6.07, 6.45) is 8.69. The fourth-order valence-corrected chi connectivity index (χ4v) is 5.89. The van der Waals surface area contributed by atoms with Crippen molar-refractivity contribution in [1.29, 1.82) is 0 Å². The maximum atomic E-state index is 13.3. The van der Waals surface area contributed by atoms with Gasteiger partial charge >= 0.3 is 0 Å². The van der Waals surface area contributed by atoms with Gasteiger partial charge in [0.05, 0.1) is 22.7 Å². The van der Waals surface area contributed by atoms with Crippen LogP contribution in [0, 0.1) is 5.92 Å². The van der Waals surface area contributed by atoms with Gasteiger partial charge in [0, 0.05) is 49.1 Å². The Bertz CT molecular complexity index is 1430. The fraction of sp³-hybridized carbons (Fsp3) is 0.483. The summed E-state index contributed by atoms with van der Waals surface area (Å²) in [6.45, 7) is 6.63. The lowest BCUT2D eigenvalue weighted by Crippen LogP contribution is -2.22. The predicted molar refractivity (Wildman–Crippen MR) is 158 cm³/mol. The molecule has 0 saturated carbocycles. The lowest BCUT2D eigenvalue weighted by Gasteiger charge is -2.14. The van der Waals surface area contributed by atoms with Gasteiger partial charge in [-0.2, -0.15) is 5.10 Å². The number of rotatable bonds is 14. The highest BCUT2D eigenvalue weighted by Crippen LogP contribution is 2.33. The Morgan fingerprint density at radius 1 is 1.11 bits per heavy atom. The SMILES string of the molecule is CC(C)Cc1nn(C)c(=O)c2c(SCCCO)n(Cc3cnc(NCCCCCN)c4ccccc34)cc12. The molecule has 0 bridgehead atoms. The van der Waals surface area contributed by atoms with E-state index in [1.54, 1.807) is 18.8 Å². The second kappa shape index (κ2) is 13.3. The second-order valence-corrected chi connectivity index (χ2v) is 11.3. The van der Waals surface area contributed by atoms with Crippen molar-refractivity contribution < 1.29 is 5.11 Å². The topological polar surface area (TPSA) is 111 Å². The predicted octanol–water partition coefficient (Wildman–Crippen LogP) is 4.55. The molecule has 1 aromatic carbocycles. The van der Waals surface area contributed by atoms with Crippen LogP contribution >= 0.6 is 11.8 Å². The number of aromatic nitrogens is 4. The standard InChI is InChI=1S/C29H40N6O2S/c1-20(2)16-25-24-19-35(29(38-15-9-14-36)26(24)28(37)34(3)33-25)18-21-17-32-27(31-13-8-4-7-12-30)23-11-6-5-10-22(21)23/h5-6,10-11,17,19-20,36H,4,7-9,12-16,18,30H2,1-3H3,(H,31,32). The van der Waals surface area contributed by atoms with E-state index in [9.17, 15) is 9.90 Å². The molecule has 3 heterocycles. The summed E-state index contributed by atoms with van der Waals surface area (Å²) in [6, 6.07) is 8.34. The number of aryl methyl sites for hydroxylation is 1. The van der Waals surface area contributed by atoms with Crippen LogP contribution in [0.5, 0.6) is 0 Å². The molecule has 38 heavy (non-hydrogen) atoms. The Kier molecular flexibility index (Phi) is 9.82. The number of aliphatic hydroxyl groups is 1. The molecule has 0 unspecified atom stereocenters. The average Bonchev–Trinajstić information content (AvgIpc) is 3.26. The zero-order valence-corrected chi connectivity index (χ0v) is 23.6. The first-order valence-electron chi connectivity index (χ1n) is 13.6. The summed E-state index contributed by atoms with van der Waals surface area (Å²) < 4.78 is 3.63. The summed E-state index contributed by atoms with van der Waals surface area (Å²) >= 11 is 1.62. The third-order valence-electron chi connectivity index (χ3n) is 6.65. The first kappa shape index (κ1) is 28.1. The molecule has 0 radical (unpaired) electrons. The highest BCUT2D eigenvalue weighted by Gasteiger charge is 2.20. The van der Waals surface area contributed by atoms with Crippen LogP contribution in [0.3, 0.4) is 0 Å². The van der Waals surface area contributed by atoms with E-state index >= 15 is 0 Å². The van der Waals surface area contributed by atoms with E-state index < -0.39 is 0 Å². The van der Waals surface area contributed by atoms with Gasteiger partial charge in [0.15, 0.2) is 0 Å². The van der Waals surface area contributed by atoms with Gasteiger partial charge in [-0.05, 0) is 49.1 Å². The molecule has 0 amide bonds. The molecule has 204 valence electrons. The monoisotopic (exact) mass is 536 g/mol. The number of pyridine rings is 1. The third kappa shape index (κ3) is 6.39. The molecular formula is C29H40N6O2S. The molecule has 0 aliphatic carbocycles. The minimum atomic E-state index is -0.0880.